The van der Waals surface area contributed by atoms with Crippen LogP contribution in [0.2, 0.25) is 0 Å². The summed E-state index contributed by atoms with van der Waals surface area (Å²) in [5.41, 5.74) is 3.32. The molecule has 0 radical (unpaired) electrons. The van der Waals surface area contributed by atoms with Crippen LogP contribution in [0.15, 0.2) is 53.4 Å². The second kappa shape index (κ2) is 7.34. The zero-order valence-electron chi connectivity index (χ0n) is 13.7. The molecule has 5 nitrogen and oxygen atoms in total. The van der Waals surface area contributed by atoms with E-state index in [2.05, 4.69) is 30.4 Å². The van der Waals surface area contributed by atoms with Crippen molar-refractivity contribution in [1.82, 2.24) is 4.31 Å². The van der Waals surface area contributed by atoms with E-state index in [1.807, 2.05) is 18.2 Å². The fourth-order valence-electron chi connectivity index (χ4n) is 2.71. The number of nitrogens with one attached hydrogen (secondary N) is 1. The summed E-state index contributed by atoms with van der Waals surface area (Å²) in [4.78, 5) is 0.325. The van der Waals surface area contributed by atoms with Gasteiger partial charge in [-0.1, -0.05) is 29.8 Å². The van der Waals surface area contributed by atoms with Crippen molar-refractivity contribution in [1.29, 1.82) is 0 Å². The molecule has 3 rings (SSSR count). The monoisotopic (exact) mass is 346 g/mol. The first-order valence-electron chi connectivity index (χ1n) is 8.03. The minimum atomic E-state index is -3.43. The summed E-state index contributed by atoms with van der Waals surface area (Å²) in [7, 11) is -3.43. The first kappa shape index (κ1) is 17.0. The second-order valence-electron chi connectivity index (χ2n) is 5.88. The minimum Gasteiger partial charge on any atom is -0.381 e. The lowest BCUT2D eigenvalue weighted by molar-refractivity contribution is 0.0730. The molecule has 1 aliphatic heterocycles. The van der Waals surface area contributed by atoms with Crippen LogP contribution in [0.5, 0.6) is 0 Å². The van der Waals surface area contributed by atoms with Gasteiger partial charge < -0.3 is 10.1 Å². The van der Waals surface area contributed by atoms with Gasteiger partial charge >= 0.3 is 0 Å². The van der Waals surface area contributed by atoms with Crippen molar-refractivity contribution in [2.75, 3.05) is 31.6 Å². The lowest BCUT2D eigenvalue weighted by atomic mass is 10.1. The average molecular weight is 346 g/mol. The number of hydrogen-bond donors (Lipinski definition) is 1. The van der Waals surface area contributed by atoms with Crippen LogP contribution in [-0.2, 0) is 21.3 Å². The van der Waals surface area contributed by atoms with Gasteiger partial charge in [-0.25, -0.2) is 8.42 Å². The summed E-state index contributed by atoms with van der Waals surface area (Å²) in [6.07, 6.45) is 0. The third-order valence-electron chi connectivity index (χ3n) is 4.04. The van der Waals surface area contributed by atoms with E-state index in [9.17, 15) is 8.42 Å². The van der Waals surface area contributed by atoms with Gasteiger partial charge in [0.15, 0.2) is 0 Å². The fourth-order valence-corrected chi connectivity index (χ4v) is 4.11. The Morgan fingerprint density at radius 2 is 1.79 bits per heavy atom. The molecule has 6 heteroatoms. The van der Waals surface area contributed by atoms with Gasteiger partial charge in [-0.15, -0.1) is 0 Å². The van der Waals surface area contributed by atoms with Gasteiger partial charge in [0, 0.05) is 25.3 Å². The molecule has 0 unspecified atom stereocenters. The van der Waals surface area contributed by atoms with E-state index >= 15 is 0 Å². The first-order valence-corrected chi connectivity index (χ1v) is 9.47. The Kier molecular flexibility index (Phi) is 5.18. The van der Waals surface area contributed by atoms with Crippen molar-refractivity contribution in [3.63, 3.8) is 0 Å². The molecule has 1 N–H and O–H groups in total. The Balaban J connectivity index is 1.66. The van der Waals surface area contributed by atoms with Crippen molar-refractivity contribution in [2.45, 2.75) is 18.4 Å². The summed E-state index contributed by atoms with van der Waals surface area (Å²) in [6, 6.07) is 15.2. The van der Waals surface area contributed by atoms with Gasteiger partial charge in [0.1, 0.15) is 0 Å². The van der Waals surface area contributed by atoms with Crippen molar-refractivity contribution >= 4 is 15.7 Å². The summed E-state index contributed by atoms with van der Waals surface area (Å²) in [5.74, 6) is 0. The summed E-state index contributed by atoms with van der Waals surface area (Å²) in [5, 5.41) is 3.32. The molecule has 1 heterocycles. The molecule has 0 atom stereocenters. The maximum Gasteiger partial charge on any atom is 0.243 e. The first-order chi connectivity index (χ1) is 11.6. The molecule has 1 saturated heterocycles. The Labute approximate surface area is 143 Å². The van der Waals surface area contributed by atoms with Gasteiger partial charge in [-0.05, 0) is 36.8 Å². The molecular weight excluding hydrogens is 324 g/mol. The zero-order valence-corrected chi connectivity index (χ0v) is 14.6. The Hall–Kier alpha value is -1.89. The molecular formula is C18H22N2O3S. The number of sulfonamides is 1. The molecule has 2 aromatic carbocycles. The number of ether oxygens (including phenoxy) is 1. The van der Waals surface area contributed by atoms with Crippen molar-refractivity contribution in [3.8, 4) is 0 Å². The number of nitrogens with zero attached hydrogens (tertiary/aromatic N) is 1. The van der Waals surface area contributed by atoms with Gasteiger partial charge in [0.25, 0.3) is 0 Å². The Morgan fingerprint density at radius 3 is 2.46 bits per heavy atom. The molecule has 0 spiro atoms. The van der Waals surface area contributed by atoms with E-state index < -0.39 is 10.0 Å². The number of aryl methyl sites for hydroxylation is 1. The highest BCUT2D eigenvalue weighted by Crippen LogP contribution is 2.20. The number of hydrogen-bond acceptors (Lipinski definition) is 4. The number of benzene rings is 2. The molecule has 0 amide bonds. The lowest BCUT2D eigenvalue weighted by Gasteiger charge is -2.26. The van der Waals surface area contributed by atoms with E-state index in [0.29, 0.717) is 37.7 Å². The predicted octanol–water partition coefficient (Wildman–Crippen LogP) is 2.63. The highest BCUT2D eigenvalue weighted by atomic mass is 32.2. The van der Waals surface area contributed by atoms with E-state index in [0.717, 1.165) is 5.69 Å². The predicted molar refractivity (Wildman–Crippen MR) is 94.5 cm³/mol. The normalized spacial score (nSPS) is 16.0. The third-order valence-corrected chi connectivity index (χ3v) is 5.95. The van der Waals surface area contributed by atoms with Crippen LogP contribution in [0, 0.1) is 6.92 Å². The van der Waals surface area contributed by atoms with Crippen LogP contribution in [0.25, 0.3) is 0 Å². The molecule has 2 aromatic rings. The molecule has 0 aliphatic carbocycles. The standard InChI is InChI=1S/C18H22N2O3S/c1-15-3-2-4-16(13-15)14-19-17-5-7-18(8-6-17)24(21,22)20-9-11-23-12-10-20/h2-8,13,19H,9-12,14H2,1H3. The SMILES string of the molecule is Cc1cccc(CNc2ccc(S(=O)(=O)N3CCOCC3)cc2)c1. The van der Waals surface area contributed by atoms with Crippen LogP contribution in [-0.4, -0.2) is 39.0 Å². The molecule has 1 fully saturated rings. The van der Waals surface area contributed by atoms with Crippen LogP contribution >= 0.6 is 0 Å². The quantitative estimate of drug-likeness (QED) is 0.904. The Bertz CT molecular complexity index is 782. The number of anilines is 1. The van der Waals surface area contributed by atoms with E-state index in [4.69, 9.17) is 4.74 Å². The molecule has 0 saturated carbocycles. The fraction of sp³-hybridized carbons (Fsp3) is 0.333. The van der Waals surface area contributed by atoms with Gasteiger partial charge in [-0.2, -0.15) is 4.31 Å². The number of rotatable bonds is 5. The molecule has 24 heavy (non-hydrogen) atoms. The largest absolute Gasteiger partial charge is 0.381 e. The minimum absolute atomic E-state index is 0.325. The van der Waals surface area contributed by atoms with Crippen LogP contribution in [0.3, 0.4) is 0 Å². The smallest absolute Gasteiger partial charge is 0.243 e. The molecule has 0 aromatic heterocycles. The highest BCUT2D eigenvalue weighted by molar-refractivity contribution is 7.89. The van der Waals surface area contributed by atoms with Crippen LogP contribution in [0.4, 0.5) is 5.69 Å². The Morgan fingerprint density at radius 1 is 1.08 bits per heavy atom. The average Bonchev–Trinajstić information content (AvgIpc) is 2.61. The maximum atomic E-state index is 12.6. The molecule has 0 bridgehead atoms. The summed E-state index contributed by atoms with van der Waals surface area (Å²) >= 11 is 0. The van der Waals surface area contributed by atoms with Crippen molar-refractivity contribution in [3.05, 3.63) is 59.7 Å². The van der Waals surface area contributed by atoms with Gasteiger partial charge in [0.05, 0.1) is 18.1 Å². The summed E-state index contributed by atoms with van der Waals surface area (Å²) < 4.78 is 31.8. The lowest BCUT2D eigenvalue weighted by Crippen LogP contribution is -2.40. The zero-order chi connectivity index (χ0) is 17.0. The summed E-state index contributed by atoms with van der Waals surface area (Å²) in [6.45, 7) is 4.50. The number of morpholine rings is 1. The van der Waals surface area contributed by atoms with Crippen molar-refractivity contribution < 1.29 is 13.2 Å². The van der Waals surface area contributed by atoms with Crippen LogP contribution < -0.4 is 5.32 Å². The van der Waals surface area contributed by atoms with E-state index in [-0.39, 0.29) is 0 Å². The highest BCUT2D eigenvalue weighted by Gasteiger charge is 2.25. The molecule has 128 valence electrons. The van der Waals surface area contributed by atoms with E-state index in [1.165, 1.54) is 15.4 Å². The van der Waals surface area contributed by atoms with Crippen LogP contribution in [0.1, 0.15) is 11.1 Å². The van der Waals surface area contributed by atoms with Gasteiger partial charge in [0.2, 0.25) is 10.0 Å². The van der Waals surface area contributed by atoms with E-state index in [1.54, 1.807) is 12.1 Å². The maximum absolute atomic E-state index is 12.6. The van der Waals surface area contributed by atoms with Gasteiger partial charge in [-0.3, -0.25) is 0 Å². The topological polar surface area (TPSA) is 58.6 Å². The third kappa shape index (κ3) is 3.95. The molecule has 1 aliphatic rings. The second-order valence-corrected chi connectivity index (χ2v) is 7.82. The van der Waals surface area contributed by atoms with Crippen molar-refractivity contribution in [2.24, 2.45) is 0 Å².